The van der Waals surface area contributed by atoms with E-state index in [1.165, 1.54) is 25.7 Å². The maximum atomic E-state index is 11.9. The van der Waals surface area contributed by atoms with Gasteiger partial charge in [-0.25, -0.2) is 0 Å². The van der Waals surface area contributed by atoms with Crippen molar-refractivity contribution in [3.05, 3.63) is 6.92 Å². The Morgan fingerprint density at radius 3 is 1.79 bits per heavy atom. The molecule has 0 fully saturated rings. The van der Waals surface area contributed by atoms with Gasteiger partial charge in [-0.15, -0.1) is 0 Å². The van der Waals surface area contributed by atoms with Crippen LogP contribution >= 0.6 is 0 Å². The van der Waals surface area contributed by atoms with Crippen molar-refractivity contribution in [3.63, 3.8) is 0 Å². The van der Waals surface area contributed by atoms with E-state index in [-0.39, 0.29) is 12.2 Å². The summed E-state index contributed by atoms with van der Waals surface area (Å²) in [4.78, 5) is 0. The first kappa shape index (κ1) is 19.1. The smallest absolute Gasteiger partial charge is 0.389 e. The molecule has 19 heavy (non-hydrogen) atoms. The summed E-state index contributed by atoms with van der Waals surface area (Å²) in [5.74, 6) is 0.736. The highest BCUT2D eigenvalue weighted by Gasteiger charge is 2.27. The number of halogens is 3. The van der Waals surface area contributed by atoms with Gasteiger partial charge in [-0.1, -0.05) is 56.6 Å². The molecule has 0 bridgehead atoms. The summed E-state index contributed by atoms with van der Waals surface area (Å²) in [7, 11) is 0. The van der Waals surface area contributed by atoms with Crippen LogP contribution in [0.2, 0.25) is 0 Å². The molecular weight excluding hydrogens is 273 g/mol. The number of hydrogen-bond acceptors (Lipinski definition) is 1. The van der Waals surface area contributed by atoms with Gasteiger partial charge in [0.1, 0.15) is 11.5 Å². The molecule has 0 heterocycles. The van der Waals surface area contributed by atoms with Crippen LogP contribution in [0.4, 0.5) is 13.2 Å². The molecule has 115 valence electrons. The highest BCUT2D eigenvalue weighted by atomic mass is 32.2. The molecule has 0 aromatic heterocycles. The van der Waals surface area contributed by atoms with Gasteiger partial charge >= 0.3 is 6.18 Å². The molecule has 0 aromatic rings. The lowest BCUT2D eigenvalue weighted by atomic mass is 10.1. The van der Waals surface area contributed by atoms with Crippen LogP contribution in [0, 0.1) is 6.92 Å². The fourth-order valence-corrected chi connectivity index (χ4v) is 3.06. The topological polar surface area (TPSA) is 23.1 Å². The second-order valence-corrected chi connectivity index (χ2v) is 6.59. The standard InChI is InChI=1S/C14H26F3OS/c1-2-3-4-5-6-7-8-9-12-19(18)13-10-11-14(15,16)17/h1-13H2. The molecule has 0 aliphatic rings. The fourth-order valence-electron chi connectivity index (χ4n) is 1.86. The van der Waals surface area contributed by atoms with Crippen molar-refractivity contribution in [2.24, 2.45) is 0 Å². The third kappa shape index (κ3) is 16.0. The van der Waals surface area contributed by atoms with Gasteiger partial charge in [0.05, 0.1) is 0 Å². The molecule has 0 saturated heterocycles. The second-order valence-electron chi connectivity index (χ2n) is 4.90. The molecule has 0 amide bonds. The molecule has 0 spiro atoms. The zero-order valence-corrected chi connectivity index (χ0v) is 12.5. The molecule has 0 aliphatic heterocycles. The van der Waals surface area contributed by atoms with Gasteiger partial charge in [0.15, 0.2) is 0 Å². The van der Waals surface area contributed by atoms with E-state index in [2.05, 4.69) is 6.92 Å². The Balaban J connectivity index is 3.23. The van der Waals surface area contributed by atoms with Crippen LogP contribution in [0.5, 0.6) is 0 Å². The SMILES string of the molecule is [CH2]CCCCCCCCC[S+]([O-])CCCC(F)(F)F. The van der Waals surface area contributed by atoms with Crippen LogP contribution in [0.25, 0.3) is 0 Å². The molecule has 1 radical (unpaired) electrons. The maximum absolute atomic E-state index is 11.9. The van der Waals surface area contributed by atoms with Crippen molar-refractivity contribution >= 4 is 11.2 Å². The molecule has 5 heteroatoms. The summed E-state index contributed by atoms with van der Waals surface area (Å²) in [5, 5.41) is 0. The summed E-state index contributed by atoms with van der Waals surface area (Å²) in [6.07, 6.45) is 3.93. The largest absolute Gasteiger partial charge is 0.616 e. The van der Waals surface area contributed by atoms with Gasteiger partial charge in [0, 0.05) is 12.8 Å². The van der Waals surface area contributed by atoms with Gasteiger partial charge < -0.3 is 4.55 Å². The maximum Gasteiger partial charge on any atom is 0.389 e. The fraction of sp³-hybridized carbons (Fsp3) is 0.929. The van der Waals surface area contributed by atoms with Crippen molar-refractivity contribution in [1.82, 2.24) is 0 Å². The molecular formula is C14H26F3OS. The molecule has 0 aliphatic carbocycles. The molecule has 1 nitrogen and oxygen atoms in total. The number of alkyl halides is 3. The zero-order chi connectivity index (χ0) is 14.6. The lowest BCUT2D eigenvalue weighted by Gasteiger charge is -2.11. The van der Waals surface area contributed by atoms with Gasteiger partial charge in [-0.2, -0.15) is 13.2 Å². The van der Waals surface area contributed by atoms with Crippen LogP contribution in [0.3, 0.4) is 0 Å². The Morgan fingerprint density at radius 2 is 1.26 bits per heavy atom. The van der Waals surface area contributed by atoms with Crippen LogP contribution < -0.4 is 0 Å². The van der Waals surface area contributed by atoms with E-state index < -0.39 is 23.8 Å². The molecule has 1 atom stereocenters. The normalized spacial score (nSPS) is 13.7. The first-order chi connectivity index (χ1) is 8.95. The first-order valence-corrected chi connectivity index (χ1v) is 8.65. The molecule has 0 aromatic carbocycles. The molecule has 0 saturated carbocycles. The second kappa shape index (κ2) is 11.9. The minimum Gasteiger partial charge on any atom is -0.616 e. The van der Waals surface area contributed by atoms with Crippen molar-refractivity contribution < 1.29 is 17.7 Å². The van der Waals surface area contributed by atoms with Crippen LogP contribution in [-0.4, -0.2) is 22.2 Å². The molecule has 0 N–H and O–H groups in total. The Kier molecular flexibility index (Phi) is 12.0. The number of rotatable bonds is 12. The van der Waals surface area contributed by atoms with E-state index in [9.17, 15) is 17.7 Å². The first-order valence-electron chi connectivity index (χ1n) is 7.16. The van der Waals surface area contributed by atoms with Gasteiger partial charge in [0.25, 0.3) is 0 Å². The summed E-state index contributed by atoms with van der Waals surface area (Å²) in [6, 6.07) is 0. The Labute approximate surface area is 118 Å². The van der Waals surface area contributed by atoms with E-state index in [1.54, 1.807) is 0 Å². The quantitative estimate of drug-likeness (QED) is 0.366. The van der Waals surface area contributed by atoms with E-state index in [0.29, 0.717) is 5.75 Å². The van der Waals surface area contributed by atoms with Crippen LogP contribution in [-0.2, 0) is 11.2 Å². The minimum atomic E-state index is -4.11. The van der Waals surface area contributed by atoms with Crippen molar-refractivity contribution in [1.29, 1.82) is 0 Å². The minimum absolute atomic E-state index is 0.0127. The number of unbranched alkanes of at least 4 members (excludes halogenated alkanes) is 7. The Hall–Kier alpha value is 0.100. The van der Waals surface area contributed by atoms with Crippen molar-refractivity contribution in [2.75, 3.05) is 11.5 Å². The predicted molar refractivity (Wildman–Crippen MR) is 75.5 cm³/mol. The summed E-state index contributed by atoms with van der Waals surface area (Å²) in [5.41, 5.74) is 0. The third-order valence-electron chi connectivity index (χ3n) is 2.95. The Morgan fingerprint density at radius 1 is 0.789 bits per heavy atom. The molecule has 1 unspecified atom stereocenters. The van der Waals surface area contributed by atoms with Crippen molar-refractivity contribution in [3.8, 4) is 0 Å². The lowest BCUT2D eigenvalue weighted by Crippen LogP contribution is -2.15. The summed E-state index contributed by atoms with van der Waals surface area (Å²) in [6.45, 7) is 3.79. The van der Waals surface area contributed by atoms with E-state index in [0.717, 1.165) is 25.7 Å². The average molecular weight is 299 g/mol. The average Bonchev–Trinajstić information content (AvgIpc) is 2.31. The van der Waals surface area contributed by atoms with Gasteiger partial charge in [-0.05, 0) is 12.8 Å². The van der Waals surface area contributed by atoms with Crippen LogP contribution in [0.15, 0.2) is 0 Å². The number of hydrogen-bond donors (Lipinski definition) is 0. The van der Waals surface area contributed by atoms with E-state index in [1.807, 2.05) is 0 Å². The zero-order valence-electron chi connectivity index (χ0n) is 11.6. The Bertz CT molecular complexity index is 198. The third-order valence-corrected chi connectivity index (χ3v) is 4.44. The van der Waals surface area contributed by atoms with Crippen LogP contribution in [0.1, 0.15) is 64.2 Å². The molecule has 0 rings (SSSR count). The predicted octanol–water partition coefficient (Wildman–Crippen LogP) is 5.03. The highest BCUT2D eigenvalue weighted by molar-refractivity contribution is 7.91. The van der Waals surface area contributed by atoms with Gasteiger partial charge in [-0.3, -0.25) is 0 Å². The van der Waals surface area contributed by atoms with Crippen molar-refractivity contribution in [2.45, 2.75) is 70.4 Å². The summed E-state index contributed by atoms with van der Waals surface area (Å²) >= 11 is -1.07. The highest BCUT2D eigenvalue weighted by Crippen LogP contribution is 2.21. The van der Waals surface area contributed by atoms with E-state index >= 15 is 0 Å². The monoisotopic (exact) mass is 299 g/mol. The summed E-state index contributed by atoms with van der Waals surface area (Å²) < 4.78 is 47.1. The van der Waals surface area contributed by atoms with E-state index in [4.69, 9.17) is 0 Å². The van der Waals surface area contributed by atoms with Gasteiger partial charge in [0.2, 0.25) is 0 Å². The lowest BCUT2D eigenvalue weighted by molar-refractivity contribution is -0.134.